The Hall–Kier alpha value is -0.790. The fourth-order valence-electron chi connectivity index (χ4n) is 1.25. The van der Waals surface area contributed by atoms with E-state index >= 15 is 0 Å². The first-order valence-corrected chi connectivity index (χ1v) is 5.11. The summed E-state index contributed by atoms with van der Waals surface area (Å²) in [5, 5.41) is 10.5. The summed E-state index contributed by atoms with van der Waals surface area (Å²) in [5.41, 5.74) is 1.91. The standard InChI is InChI=1S/C12H15ClO/c1-3-9(2)7-12(14)10-5-4-6-11(13)8-10/h4-6,8,12,14H,2-3,7H2,1H3. The zero-order valence-electron chi connectivity index (χ0n) is 8.33. The van der Waals surface area contributed by atoms with E-state index in [1.807, 2.05) is 19.1 Å². The van der Waals surface area contributed by atoms with Crippen molar-refractivity contribution >= 4 is 11.6 Å². The third-order valence-corrected chi connectivity index (χ3v) is 2.45. The molecule has 1 nitrogen and oxygen atoms in total. The first kappa shape index (κ1) is 11.3. The van der Waals surface area contributed by atoms with Crippen LogP contribution in [0.5, 0.6) is 0 Å². The maximum absolute atomic E-state index is 9.83. The van der Waals surface area contributed by atoms with Gasteiger partial charge in [0, 0.05) is 5.02 Å². The van der Waals surface area contributed by atoms with E-state index in [0.29, 0.717) is 11.4 Å². The Morgan fingerprint density at radius 2 is 2.29 bits per heavy atom. The minimum absolute atomic E-state index is 0.485. The highest BCUT2D eigenvalue weighted by Crippen LogP contribution is 2.23. The molecule has 0 radical (unpaired) electrons. The van der Waals surface area contributed by atoms with Crippen LogP contribution < -0.4 is 0 Å². The maximum Gasteiger partial charge on any atom is 0.0827 e. The number of aliphatic hydroxyl groups is 1. The molecular weight excluding hydrogens is 196 g/mol. The number of hydrogen-bond acceptors (Lipinski definition) is 1. The molecule has 0 aliphatic rings. The van der Waals surface area contributed by atoms with Crippen LogP contribution in [0, 0.1) is 0 Å². The lowest BCUT2D eigenvalue weighted by molar-refractivity contribution is 0.177. The average Bonchev–Trinajstić information content (AvgIpc) is 2.17. The number of hydrogen-bond donors (Lipinski definition) is 1. The Morgan fingerprint density at radius 3 is 2.86 bits per heavy atom. The van der Waals surface area contributed by atoms with Crippen LogP contribution in [0.15, 0.2) is 36.4 Å². The average molecular weight is 211 g/mol. The summed E-state index contributed by atoms with van der Waals surface area (Å²) >= 11 is 5.83. The molecule has 0 saturated carbocycles. The predicted molar refractivity (Wildman–Crippen MR) is 60.5 cm³/mol. The fourth-order valence-corrected chi connectivity index (χ4v) is 1.45. The SMILES string of the molecule is C=C(CC)CC(O)c1cccc(Cl)c1. The second kappa shape index (κ2) is 5.18. The Labute approximate surface area is 90.0 Å². The summed E-state index contributed by atoms with van der Waals surface area (Å²) in [6, 6.07) is 7.30. The van der Waals surface area contributed by atoms with Crippen LogP contribution in [0.25, 0.3) is 0 Å². The largest absolute Gasteiger partial charge is 0.388 e. The summed E-state index contributed by atoms with van der Waals surface area (Å²) < 4.78 is 0. The van der Waals surface area contributed by atoms with Crippen LogP contribution >= 0.6 is 11.6 Å². The molecule has 1 unspecified atom stereocenters. The van der Waals surface area contributed by atoms with Gasteiger partial charge in [-0.25, -0.2) is 0 Å². The lowest BCUT2D eigenvalue weighted by Gasteiger charge is -2.11. The van der Waals surface area contributed by atoms with Crippen LogP contribution in [0.1, 0.15) is 31.4 Å². The van der Waals surface area contributed by atoms with Gasteiger partial charge in [-0.3, -0.25) is 0 Å². The molecule has 0 saturated heterocycles. The van der Waals surface area contributed by atoms with E-state index in [-0.39, 0.29) is 0 Å². The van der Waals surface area contributed by atoms with Crippen molar-refractivity contribution in [3.63, 3.8) is 0 Å². The van der Waals surface area contributed by atoms with Crippen LogP contribution in [0.4, 0.5) is 0 Å². The van der Waals surface area contributed by atoms with Crippen LogP contribution in [-0.2, 0) is 0 Å². The molecule has 0 fully saturated rings. The molecule has 14 heavy (non-hydrogen) atoms. The lowest BCUT2D eigenvalue weighted by Crippen LogP contribution is -1.98. The molecule has 1 N–H and O–H groups in total. The summed E-state index contributed by atoms with van der Waals surface area (Å²) in [5.74, 6) is 0. The van der Waals surface area contributed by atoms with E-state index in [2.05, 4.69) is 6.58 Å². The van der Waals surface area contributed by atoms with Gasteiger partial charge in [-0.05, 0) is 30.5 Å². The molecule has 0 aromatic heterocycles. The Balaban J connectivity index is 2.69. The zero-order chi connectivity index (χ0) is 10.6. The van der Waals surface area contributed by atoms with Crippen molar-refractivity contribution < 1.29 is 5.11 Å². The molecule has 0 bridgehead atoms. The molecule has 1 aromatic rings. The highest BCUT2D eigenvalue weighted by molar-refractivity contribution is 6.30. The predicted octanol–water partition coefficient (Wildman–Crippen LogP) is 3.73. The highest BCUT2D eigenvalue weighted by Gasteiger charge is 2.08. The highest BCUT2D eigenvalue weighted by atomic mass is 35.5. The van der Waals surface area contributed by atoms with Crippen LogP contribution in [-0.4, -0.2) is 5.11 Å². The van der Waals surface area contributed by atoms with E-state index in [1.54, 1.807) is 12.1 Å². The smallest absolute Gasteiger partial charge is 0.0827 e. The molecule has 0 aliphatic carbocycles. The van der Waals surface area contributed by atoms with Crippen molar-refractivity contribution in [1.82, 2.24) is 0 Å². The van der Waals surface area contributed by atoms with Gasteiger partial charge in [0.1, 0.15) is 0 Å². The summed E-state index contributed by atoms with van der Waals surface area (Å²) in [6.45, 7) is 5.90. The molecule has 1 atom stereocenters. The molecule has 0 amide bonds. The van der Waals surface area contributed by atoms with Gasteiger partial charge in [0.2, 0.25) is 0 Å². The van der Waals surface area contributed by atoms with Crippen molar-refractivity contribution in [2.24, 2.45) is 0 Å². The quantitative estimate of drug-likeness (QED) is 0.751. The van der Waals surface area contributed by atoms with Gasteiger partial charge in [0.15, 0.2) is 0 Å². The van der Waals surface area contributed by atoms with E-state index in [1.165, 1.54) is 0 Å². The Kier molecular flexibility index (Phi) is 4.18. The molecular formula is C12H15ClO. The van der Waals surface area contributed by atoms with Crippen LogP contribution in [0.3, 0.4) is 0 Å². The van der Waals surface area contributed by atoms with Gasteiger partial charge in [0.05, 0.1) is 6.10 Å². The second-order valence-corrected chi connectivity index (χ2v) is 3.81. The molecule has 0 spiro atoms. The summed E-state index contributed by atoms with van der Waals surface area (Å²) in [7, 11) is 0. The Morgan fingerprint density at radius 1 is 1.57 bits per heavy atom. The van der Waals surface area contributed by atoms with Gasteiger partial charge in [-0.2, -0.15) is 0 Å². The number of rotatable bonds is 4. The van der Waals surface area contributed by atoms with Crippen molar-refractivity contribution in [3.8, 4) is 0 Å². The second-order valence-electron chi connectivity index (χ2n) is 3.38. The van der Waals surface area contributed by atoms with Crippen molar-refractivity contribution in [2.75, 3.05) is 0 Å². The van der Waals surface area contributed by atoms with Gasteiger partial charge >= 0.3 is 0 Å². The topological polar surface area (TPSA) is 20.2 Å². The van der Waals surface area contributed by atoms with Gasteiger partial charge in [0.25, 0.3) is 0 Å². The molecule has 76 valence electrons. The van der Waals surface area contributed by atoms with Crippen LogP contribution in [0.2, 0.25) is 5.02 Å². The molecule has 0 aliphatic heterocycles. The van der Waals surface area contributed by atoms with Crippen molar-refractivity contribution in [2.45, 2.75) is 25.9 Å². The van der Waals surface area contributed by atoms with E-state index in [9.17, 15) is 5.11 Å². The third kappa shape index (κ3) is 3.17. The molecule has 2 heteroatoms. The lowest BCUT2D eigenvalue weighted by atomic mass is 10.0. The third-order valence-electron chi connectivity index (χ3n) is 2.22. The van der Waals surface area contributed by atoms with E-state index in [0.717, 1.165) is 17.6 Å². The minimum Gasteiger partial charge on any atom is -0.388 e. The first-order valence-electron chi connectivity index (χ1n) is 4.73. The van der Waals surface area contributed by atoms with E-state index in [4.69, 9.17) is 11.6 Å². The van der Waals surface area contributed by atoms with Gasteiger partial charge in [-0.15, -0.1) is 0 Å². The van der Waals surface area contributed by atoms with E-state index < -0.39 is 6.10 Å². The normalized spacial score (nSPS) is 12.5. The minimum atomic E-state index is -0.485. The first-order chi connectivity index (χ1) is 6.63. The zero-order valence-corrected chi connectivity index (χ0v) is 9.09. The monoisotopic (exact) mass is 210 g/mol. The molecule has 0 heterocycles. The van der Waals surface area contributed by atoms with Gasteiger partial charge in [-0.1, -0.05) is 42.8 Å². The summed E-state index contributed by atoms with van der Waals surface area (Å²) in [6.07, 6.45) is 1.02. The number of benzene rings is 1. The molecule has 1 rings (SSSR count). The summed E-state index contributed by atoms with van der Waals surface area (Å²) in [4.78, 5) is 0. The van der Waals surface area contributed by atoms with Crippen molar-refractivity contribution in [1.29, 1.82) is 0 Å². The number of halogens is 1. The number of aliphatic hydroxyl groups excluding tert-OH is 1. The Bertz CT molecular complexity index is 320. The fraction of sp³-hybridized carbons (Fsp3) is 0.333. The van der Waals surface area contributed by atoms with Crippen molar-refractivity contribution in [3.05, 3.63) is 47.0 Å². The molecule has 1 aromatic carbocycles. The maximum atomic E-state index is 9.83. The van der Waals surface area contributed by atoms with Gasteiger partial charge < -0.3 is 5.11 Å².